The average molecular weight is 516 g/mol. The smallest absolute Gasteiger partial charge is 0.409 e. The van der Waals surface area contributed by atoms with Gasteiger partial charge in [-0.2, -0.15) is 14.4 Å². The molecule has 0 bridgehead atoms. The van der Waals surface area contributed by atoms with E-state index in [1.165, 1.54) is 11.5 Å². The fourth-order valence-corrected chi connectivity index (χ4v) is 3.80. The summed E-state index contributed by atoms with van der Waals surface area (Å²) < 4.78 is 13.6. The zero-order valence-electron chi connectivity index (χ0n) is 15.3. The molecule has 1 N–H and O–H groups in total. The zero-order chi connectivity index (χ0) is 23.1. The first-order valence-electron chi connectivity index (χ1n) is 8.20. The maximum Gasteiger partial charge on any atom is 0.409 e. The molecular formula is C14H11Cl4FN8O4. The standard InChI is InChI=1S/C14H11Cl4FN8O4/c1-6-20-4-7(27(30)31)24(6)2-3-25(13(28)29)11(14(16,17)18)26-5-21-8-9(15)22-12(19)23-10(8)26/h4-5,11H,2-3H2,1H3,(H,28,29). The summed E-state index contributed by atoms with van der Waals surface area (Å²) in [5.74, 6) is -0.0694. The van der Waals surface area contributed by atoms with Gasteiger partial charge in [-0.05, 0) is 4.92 Å². The van der Waals surface area contributed by atoms with Crippen LogP contribution in [0.2, 0.25) is 5.15 Å². The Morgan fingerprint density at radius 3 is 2.65 bits per heavy atom. The fraction of sp³-hybridized carbons (Fsp3) is 0.357. The second-order valence-electron chi connectivity index (χ2n) is 6.07. The minimum Gasteiger partial charge on any atom is -0.465 e. The van der Waals surface area contributed by atoms with Gasteiger partial charge in [0.25, 0.3) is 0 Å². The molecule has 0 radical (unpaired) electrons. The molecule has 1 unspecified atom stereocenters. The van der Waals surface area contributed by atoms with Gasteiger partial charge in [0.2, 0.25) is 3.79 Å². The van der Waals surface area contributed by atoms with Crippen molar-refractivity contribution in [3.05, 3.63) is 39.7 Å². The van der Waals surface area contributed by atoms with Gasteiger partial charge in [-0.15, -0.1) is 0 Å². The zero-order valence-corrected chi connectivity index (χ0v) is 18.3. The predicted octanol–water partition coefficient (Wildman–Crippen LogP) is 3.58. The van der Waals surface area contributed by atoms with E-state index in [9.17, 15) is 24.4 Å². The number of aromatic nitrogens is 6. The summed E-state index contributed by atoms with van der Waals surface area (Å²) in [6, 6.07) is 0. The molecule has 0 saturated carbocycles. The SMILES string of the molecule is Cc1ncc([N+](=O)[O-])n1CCN(C(=O)O)C(n1cnc2c(Cl)nc(F)nc21)C(Cl)(Cl)Cl. The first-order valence-corrected chi connectivity index (χ1v) is 9.71. The summed E-state index contributed by atoms with van der Waals surface area (Å²) in [6.07, 6.45) is -2.21. The van der Waals surface area contributed by atoms with Gasteiger partial charge in [0.15, 0.2) is 22.8 Å². The number of rotatable bonds is 6. The summed E-state index contributed by atoms with van der Waals surface area (Å²) >= 11 is 24.0. The van der Waals surface area contributed by atoms with Crippen LogP contribution in [0.3, 0.4) is 0 Å². The molecule has 0 spiro atoms. The van der Waals surface area contributed by atoms with E-state index >= 15 is 0 Å². The molecule has 166 valence electrons. The molecule has 0 saturated heterocycles. The number of nitrogens with zero attached hydrogens (tertiary/aromatic N) is 8. The lowest BCUT2D eigenvalue weighted by atomic mass is 10.4. The van der Waals surface area contributed by atoms with Crippen molar-refractivity contribution in [2.24, 2.45) is 0 Å². The molecule has 3 rings (SSSR count). The molecule has 3 aromatic heterocycles. The van der Waals surface area contributed by atoms with Gasteiger partial charge >= 0.3 is 18.0 Å². The molecule has 3 aromatic rings. The van der Waals surface area contributed by atoms with E-state index in [0.717, 1.165) is 17.1 Å². The summed E-state index contributed by atoms with van der Waals surface area (Å²) in [6.45, 7) is 0.949. The van der Waals surface area contributed by atoms with E-state index < -0.39 is 27.1 Å². The van der Waals surface area contributed by atoms with Gasteiger partial charge in [-0.3, -0.25) is 9.47 Å². The highest BCUT2D eigenvalue weighted by molar-refractivity contribution is 6.68. The van der Waals surface area contributed by atoms with E-state index in [0.29, 0.717) is 4.90 Å². The maximum atomic E-state index is 13.7. The molecule has 3 heterocycles. The van der Waals surface area contributed by atoms with Crippen molar-refractivity contribution in [2.45, 2.75) is 23.4 Å². The van der Waals surface area contributed by atoms with E-state index in [2.05, 4.69) is 19.9 Å². The first kappa shape index (κ1) is 23.2. The second kappa shape index (κ2) is 8.57. The Hall–Kier alpha value is -2.48. The molecule has 0 aliphatic carbocycles. The van der Waals surface area contributed by atoms with Crippen molar-refractivity contribution in [1.82, 2.24) is 34.0 Å². The predicted molar refractivity (Wildman–Crippen MR) is 108 cm³/mol. The van der Waals surface area contributed by atoms with Gasteiger partial charge in [-0.25, -0.2) is 19.3 Å². The fourth-order valence-electron chi connectivity index (χ4n) is 2.93. The largest absolute Gasteiger partial charge is 0.465 e. The second-order valence-corrected chi connectivity index (χ2v) is 8.80. The number of carbonyl (C=O) groups is 1. The highest BCUT2D eigenvalue weighted by Gasteiger charge is 2.43. The third-order valence-electron chi connectivity index (χ3n) is 4.23. The van der Waals surface area contributed by atoms with E-state index in [1.807, 2.05) is 0 Å². The molecule has 0 aliphatic rings. The van der Waals surface area contributed by atoms with E-state index in [4.69, 9.17) is 46.4 Å². The number of alkyl halides is 3. The minimum absolute atomic E-state index is 0.0475. The van der Waals surface area contributed by atoms with Crippen molar-refractivity contribution in [3.8, 4) is 0 Å². The van der Waals surface area contributed by atoms with Crippen LogP contribution in [0.5, 0.6) is 0 Å². The van der Waals surface area contributed by atoms with Crippen LogP contribution in [0.25, 0.3) is 11.2 Å². The van der Waals surface area contributed by atoms with Crippen molar-refractivity contribution in [2.75, 3.05) is 6.54 Å². The van der Waals surface area contributed by atoms with Crippen molar-refractivity contribution < 1.29 is 19.2 Å². The molecule has 1 atom stereocenters. The van der Waals surface area contributed by atoms with Crippen LogP contribution in [0.4, 0.5) is 15.0 Å². The molecule has 1 amide bonds. The van der Waals surface area contributed by atoms with Crippen LogP contribution in [-0.4, -0.2) is 60.4 Å². The Labute approximate surface area is 192 Å². The summed E-state index contributed by atoms with van der Waals surface area (Å²) in [5, 5.41) is 20.6. The molecular weight excluding hydrogens is 505 g/mol. The van der Waals surface area contributed by atoms with Crippen LogP contribution < -0.4 is 0 Å². The van der Waals surface area contributed by atoms with Crippen LogP contribution in [0.15, 0.2) is 12.5 Å². The average Bonchev–Trinajstić information content (AvgIpc) is 3.21. The van der Waals surface area contributed by atoms with Gasteiger partial charge < -0.3 is 15.2 Å². The van der Waals surface area contributed by atoms with E-state index in [-0.39, 0.29) is 41.0 Å². The van der Waals surface area contributed by atoms with E-state index in [1.54, 1.807) is 0 Å². The lowest BCUT2D eigenvalue weighted by molar-refractivity contribution is -0.392. The summed E-state index contributed by atoms with van der Waals surface area (Å²) in [4.78, 5) is 37.9. The quantitative estimate of drug-likeness (QED) is 0.172. The molecule has 0 fully saturated rings. The highest BCUT2D eigenvalue weighted by Crippen LogP contribution is 2.42. The van der Waals surface area contributed by atoms with Crippen LogP contribution in [0, 0.1) is 23.1 Å². The number of nitro groups is 1. The van der Waals surface area contributed by atoms with Crippen LogP contribution >= 0.6 is 46.4 Å². The first-order chi connectivity index (χ1) is 14.4. The van der Waals surface area contributed by atoms with Crippen molar-refractivity contribution >= 4 is 69.5 Å². The highest BCUT2D eigenvalue weighted by atomic mass is 35.6. The van der Waals surface area contributed by atoms with Crippen LogP contribution in [-0.2, 0) is 6.54 Å². The molecule has 0 aromatic carbocycles. The number of hydrogen-bond donors (Lipinski definition) is 1. The van der Waals surface area contributed by atoms with Crippen molar-refractivity contribution in [3.63, 3.8) is 0 Å². The Morgan fingerprint density at radius 2 is 2.06 bits per heavy atom. The van der Waals surface area contributed by atoms with Crippen LogP contribution in [0.1, 0.15) is 12.0 Å². The number of carboxylic acid groups (broad SMARTS) is 1. The number of hydrogen-bond acceptors (Lipinski definition) is 7. The minimum atomic E-state index is -2.28. The molecule has 0 aliphatic heterocycles. The Kier molecular flexibility index (Phi) is 6.41. The third kappa shape index (κ3) is 4.59. The lowest BCUT2D eigenvalue weighted by Gasteiger charge is -2.34. The summed E-state index contributed by atoms with van der Waals surface area (Å²) in [7, 11) is 0. The Morgan fingerprint density at radius 1 is 1.39 bits per heavy atom. The molecule has 31 heavy (non-hydrogen) atoms. The number of amides is 1. The number of imidazole rings is 2. The van der Waals surface area contributed by atoms with Gasteiger partial charge in [0.1, 0.15) is 18.3 Å². The Balaban J connectivity index is 2.06. The van der Waals surface area contributed by atoms with Gasteiger partial charge in [0.05, 0.1) is 12.9 Å². The summed E-state index contributed by atoms with van der Waals surface area (Å²) in [5.41, 5.74) is -0.265. The maximum absolute atomic E-state index is 13.7. The number of aryl methyl sites for hydroxylation is 1. The van der Waals surface area contributed by atoms with Gasteiger partial charge in [-0.1, -0.05) is 46.4 Å². The lowest BCUT2D eigenvalue weighted by Crippen LogP contribution is -2.45. The Bertz CT molecular complexity index is 1160. The third-order valence-corrected chi connectivity index (χ3v) is 5.08. The van der Waals surface area contributed by atoms with Gasteiger partial charge in [0, 0.05) is 6.92 Å². The number of fused-ring (bicyclic) bond motifs is 1. The van der Waals surface area contributed by atoms with Crippen molar-refractivity contribution in [1.29, 1.82) is 0 Å². The normalized spacial score (nSPS) is 12.8. The monoisotopic (exact) mass is 514 g/mol. The number of halogens is 5. The molecule has 12 nitrogen and oxygen atoms in total. The molecule has 17 heteroatoms. The topological polar surface area (TPSA) is 145 Å².